The number of carbonyl (C=O) groups excluding carboxylic acids is 2. The highest BCUT2D eigenvalue weighted by Gasteiger charge is 2.06. The Kier molecular flexibility index (Phi) is 6.05. The Morgan fingerprint density at radius 3 is 2.54 bits per heavy atom. The lowest BCUT2D eigenvalue weighted by Crippen LogP contribution is -2.14. The Morgan fingerprint density at radius 2 is 1.83 bits per heavy atom. The van der Waals surface area contributed by atoms with Crippen LogP contribution >= 0.6 is 0 Å². The van der Waals surface area contributed by atoms with Gasteiger partial charge in [-0.25, -0.2) is 5.48 Å². The van der Waals surface area contributed by atoms with Crippen LogP contribution in [-0.2, 0) is 11.8 Å². The zero-order chi connectivity index (χ0) is 17.4. The fourth-order valence-corrected chi connectivity index (χ4v) is 2.05. The van der Waals surface area contributed by atoms with Gasteiger partial charge in [0.2, 0.25) is 0 Å². The number of aryl methyl sites for hydroxylation is 1. The van der Waals surface area contributed by atoms with Crippen molar-refractivity contribution < 1.29 is 14.8 Å². The van der Waals surface area contributed by atoms with E-state index < -0.39 is 5.91 Å². The Morgan fingerprint density at radius 1 is 1.08 bits per heavy atom. The van der Waals surface area contributed by atoms with E-state index in [-0.39, 0.29) is 5.78 Å². The third kappa shape index (κ3) is 4.93. The molecule has 0 aliphatic heterocycles. The van der Waals surface area contributed by atoms with Gasteiger partial charge in [-0.2, -0.15) is 0 Å². The average Bonchev–Trinajstić information content (AvgIpc) is 2.98. The van der Waals surface area contributed by atoms with Crippen LogP contribution in [0.25, 0.3) is 12.2 Å². The lowest BCUT2D eigenvalue weighted by atomic mass is 10.1. The minimum absolute atomic E-state index is 0.0793. The Labute approximate surface area is 140 Å². The molecule has 1 heterocycles. The number of rotatable bonds is 6. The Balaban J connectivity index is 2.06. The minimum atomic E-state index is -0.603. The van der Waals surface area contributed by atoms with Gasteiger partial charge in [-0.05, 0) is 23.8 Å². The maximum atomic E-state index is 12.2. The molecule has 0 unspecified atom stereocenters. The van der Waals surface area contributed by atoms with E-state index >= 15 is 0 Å². The van der Waals surface area contributed by atoms with Gasteiger partial charge in [0.15, 0.2) is 5.78 Å². The number of carbonyl (C=O) groups is 2. The number of amides is 1. The van der Waals surface area contributed by atoms with Gasteiger partial charge in [0.1, 0.15) is 0 Å². The van der Waals surface area contributed by atoms with Crippen LogP contribution in [0.2, 0.25) is 0 Å². The molecule has 0 saturated heterocycles. The van der Waals surface area contributed by atoms with Crippen LogP contribution in [0.3, 0.4) is 0 Å². The second kappa shape index (κ2) is 8.45. The van der Waals surface area contributed by atoms with Crippen molar-refractivity contribution in [3.8, 4) is 0 Å². The van der Waals surface area contributed by atoms with E-state index in [2.05, 4.69) is 0 Å². The van der Waals surface area contributed by atoms with Crippen molar-refractivity contribution in [1.82, 2.24) is 10.0 Å². The summed E-state index contributed by atoms with van der Waals surface area (Å²) in [6.07, 6.45) is 11.2. The fourth-order valence-electron chi connectivity index (χ4n) is 2.05. The largest absolute Gasteiger partial charge is 0.350 e. The van der Waals surface area contributed by atoms with Gasteiger partial charge in [-0.3, -0.25) is 14.8 Å². The summed E-state index contributed by atoms with van der Waals surface area (Å²) in [7, 11) is 1.83. The molecule has 1 aromatic carbocycles. The predicted molar refractivity (Wildman–Crippen MR) is 93.3 cm³/mol. The standard InChI is InChI=1S/C19H18N2O3/c1-21-14-16(13-17(21)9-5-6-10-19(23)20-24)18(22)12-11-15-7-3-2-4-8-15/h2-14,24H,1H3,(H,20,23)/b9-5+,10-6+,12-11+. The highest BCUT2D eigenvalue weighted by atomic mass is 16.5. The van der Waals surface area contributed by atoms with Crippen molar-refractivity contribution in [3.05, 3.63) is 83.7 Å². The molecule has 5 heteroatoms. The zero-order valence-corrected chi connectivity index (χ0v) is 13.2. The zero-order valence-electron chi connectivity index (χ0n) is 13.2. The summed E-state index contributed by atoms with van der Waals surface area (Å²) in [5.74, 6) is -0.683. The Bertz CT molecular complexity index is 799. The fraction of sp³-hybridized carbons (Fsp3) is 0.0526. The molecule has 5 nitrogen and oxygen atoms in total. The lowest BCUT2D eigenvalue weighted by Gasteiger charge is -1.93. The van der Waals surface area contributed by atoms with Crippen LogP contribution in [0.4, 0.5) is 0 Å². The summed E-state index contributed by atoms with van der Waals surface area (Å²) in [6, 6.07) is 11.4. The van der Waals surface area contributed by atoms with E-state index in [1.54, 1.807) is 36.6 Å². The van der Waals surface area contributed by atoms with Gasteiger partial charge >= 0.3 is 0 Å². The quantitative estimate of drug-likeness (QED) is 0.282. The van der Waals surface area contributed by atoms with Crippen LogP contribution in [0.1, 0.15) is 21.6 Å². The number of ketones is 1. The molecule has 122 valence electrons. The van der Waals surface area contributed by atoms with Crippen molar-refractivity contribution in [2.45, 2.75) is 0 Å². The predicted octanol–water partition coefficient (Wildman–Crippen LogP) is 3.00. The number of aromatic nitrogens is 1. The molecule has 0 radical (unpaired) electrons. The molecule has 0 saturated carbocycles. The number of nitrogens with one attached hydrogen (secondary N) is 1. The number of allylic oxidation sites excluding steroid dienone is 3. The normalized spacial score (nSPS) is 11.6. The second-order valence-electron chi connectivity index (χ2n) is 5.07. The molecule has 0 fully saturated rings. The van der Waals surface area contributed by atoms with Crippen molar-refractivity contribution in [2.24, 2.45) is 7.05 Å². The molecule has 2 rings (SSSR count). The van der Waals surface area contributed by atoms with Crippen LogP contribution in [-0.4, -0.2) is 21.5 Å². The van der Waals surface area contributed by atoms with Crippen molar-refractivity contribution in [3.63, 3.8) is 0 Å². The van der Waals surface area contributed by atoms with E-state index in [1.165, 1.54) is 17.6 Å². The van der Waals surface area contributed by atoms with E-state index in [9.17, 15) is 9.59 Å². The third-order valence-electron chi connectivity index (χ3n) is 3.29. The summed E-state index contributed by atoms with van der Waals surface area (Å²) >= 11 is 0. The van der Waals surface area contributed by atoms with Gasteiger partial charge in [0, 0.05) is 30.6 Å². The third-order valence-corrected chi connectivity index (χ3v) is 3.29. The van der Waals surface area contributed by atoms with Crippen molar-refractivity contribution >= 4 is 23.8 Å². The van der Waals surface area contributed by atoms with Gasteiger partial charge in [0.25, 0.3) is 5.91 Å². The van der Waals surface area contributed by atoms with E-state index in [4.69, 9.17) is 5.21 Å². The van der Waals surface area contributed by atoms with Gasteiger partial charge < -0.3 is 4.57 Å². The molecule has 0 aliphatic carbocycles. The summed E-state index contributed by atoms with van der Waals surface area (Å²) in [4.78, 5) is 23.1. The van der Waals surface area contributed by atoms with E-state index in [0.717, 1.165) is 11.3 Å². The second-order valence-corrected chi connectivity index (χ2v) is 5.07. The van der Waals surface area contributed by atoms with Crippen LogP contribution in [0.15, 0.2) is 66.9 Å². The van der Waals surface area contributed by atoms with Crippen molar-refractivity contribution in [1.29, 1.82) is 0 Å². The SMILES string of the molecule is Cn1cc(C(=O)/C=C/c2ccccc2)cc1/C=C/C=C/C(=O)NO. The molecule has 0 spiro atoms. The summed E-state index contributed by atoms with van der Waals surface area (Å²) in [5, 5.41) is 8.37. The van der Waals surface area contributed by atoms with Crippen LogP contribution in [0, 0.1) is 0 Å². The van der Waals surface area contributed by atoms with E-state index in [1.807, 2.05) is 41.9 Å². The van der Waals surface area contributed by atoms with Crippen molar-refractivity contribution in [2.75, 3.05) is 0 Å². The topological polar surface area (TPSA) is 71.3 Å². The maximum absolute atomic E-state index is 12.2. The first-order valence-electron chi connectivity index (χ1n) is 7.33. The van der Waals surface area contributed by atoms with E-state index in [0.29, 0.717) is 5.56 Å². The first kappa shape index (κ1) is 17.2. The number of hydrogen-bond acceptors (Lipinski definition) is 3. The number of benzene rings is 1. The minimum Gasteiger partial charge on any atom is -0.350 e. The highest BCUT2D eigenvalue weighted by Crippen LogP contribution is 2.12. The van der Waals surface area contributed by atoms with Gasteiger partial charge in [0.05, 0.1) is 0 Å². The molecule has 0 aliphatic rings. The lowest BCUT2D eigenvalue weighted by molar-refractivity contribution is -0.124. The molecule has 0 atom stereocenters. The maximum Gasteiger partial charge on any atom is 0.267 e. The summed E-state index contributed by atoms with van der Waals surface area (Å²) in [6.45, 7) is 0. The molecule has 24 heavy (non-hydrogen) atoms. The number of hydrogen-bond donors (Lipinski definition) is 2. The molecular formula is C19H18N2O3. The highest BCUT2D eigenvalue weighted by molar-refractivity contribution is 6.07. The molecule has 1 aromatic heterocycles. The van der Waals surface area contributed by atoms with Crippen LogP contribution in [0.5, 0.6) is 0 Å². The molecular weight excluding hydrogens is 304 g/mol. The molecule has 1 amide bonds. The van der Waals surface area contributed by atoms with Crippen LogP contribution < -0.4 is 5.48 Å². The van der Waals surface area contributed by atoms with Gasteiger partial charge in [-0.1, -0.05) is 48.6 Å². The van der Waals surface area contributed by atoms with Gasteiger partial charge in [-0.15, -0.1) is 0 Å². The monoisotopic (exact) mass is 322 g/mol. The molecule has 0 bridgehead atoms. The summed E-state index contributed by atoms with van der Waals surface area (Å²) < 4.78 is 1.82. The number of nitrogens with zero attached hydrogens (tertiary/aromatic N) is 1. The number of hydroxylamine groups is 1. The Hall–Kier alpha value is -3.18. The molecule has 2 aromatic rings. The first-order valence-corrected chi connectivity index (χ1v) is 7.33. The summed E-state index contributed by atoms with van der Waals surface area (Å²) in [5.41, 5.74) is 3.88. The smallest absolute Gasteiger partial charge is 0.267 e. The average molecular weight is 322 g/mol. The molecule has 2 N–H and O–H groups in total. The first-order chi connectivity index (χ1) is 11.6.